The number of aromatic nitrogens is 1. The molecule has 0 aliphatic heterocycles. The average Bonchev–Trinajstić information content (AvgIpc) is 2.26. The van der Waals surface area contributed by atoms with Gasteiger partial charge in [-0.05, 0) is 0 Å². The molecule has 15 heavy (non-hydrogen) atoms. The lowest BCUT2D eigenvalue weighted by Crippen LogP contribution is -2.04. The number of nitrogens with zero attached hydrogens (tertiary/aromatic N) is 2. The SMILES string of the molecule is COc1c(C#N)cnc(CO)c1C(F)F. The first-order chi connectivity index (χ1) is 7.15. The van der Waals surface area contributed by atoms with Crippen molar-refractivity contribution in [3.8, 4) is 11.8 Å². The van der Waals surface area contributed by atoms with E-state index in [9.17, 15) is 8.78 Å². The molecule has 1 aromatic heterocycles. The van der Waals surface area contributed by atoms with Crippen LogP contribution in [0.15, 0.2) is 6.20 Å². The molecule has 1 heterocycles. The third kappa shape index (κ3) is 2.02. The van der Waals surface area contributed by atoms with Crippen LogP contribution in [0.2, 0.25) is 0 Å². The highest BCUT2D eigenvalue weighted by Crippen LogP contribution is 2.33. The molecule has 4 nitrogen and oxygen atoms in total. The van der Waals surface area contributed by atoms with Crippen molar-refractivity contribution in [2.75, 3.05) is 7.11 Å². The van der Waals surface area contributed by atoms with Crippen LogP contribution in [0.1, 0.15) is 23.2 Å². The van der Waals surface area contributed by atoms with Gasteiger partial charge in [-0.3, -0.25) is 4.98 Å². The summed E-state index contributed by atoms with van der Waals surface area (Å²) in [6, 6.07) is 1.69. The molecule has 0 saturated heterocycles. The average molecular weight is 214 g/mol. The monoisotopic (exact) mass is 214 g/mol. The van der Waals surface area contributed by atoms with Gasteiger partial charge in [0.2, 0.25) is 0 Å². The molecule has 80 valence electrons. The topological polar surface area (TPSA) is 66.1 Å². The van der Waals surface area contributed by atoms with Crippen LogP contribution in [0.4, 0.5) is 8.78 Å². The number of aliphatic hydroxyl groups is 1. The molecule has 0 radical (unpaired) electrons. The van der Waals surface area contributed by atoms with Crippen molar-refractivity contribution < 1.29 is 18.6 Å². The minimum Gasteiger partial charge on any atom is -0.495 e. The largest absolute Gasteiger partial charge is 0.495 e. The van der Waals surface area contributed by atoms with Gasteiger partial charge in [0, 0.05) is 6.20 Å². The fraction of sp³-hybridized carbons (Fsp3) is 0.333. The molecule has 0 saturated carbocycles. The fourth-order valence-electron chi connectivity index (χ4n) is 1.20. The molecule has 0 fully saturated rings. The Morgan fingerprint density at radius 2 is 2.33 bits per heavy atom. The molecule has 0 aliphatic carbocycles. The van der Waals surface area contributed by atoms with Crippen molar-refractivity contribution in [1.29, 1.82) is 5.26 Å². The first kappa shape index (κ1) is 11.3. The smallest absolute Gasteiger partial charge is 0.269 e. The van der Waals surface area contributed by atoms with Gasteiger partial charge in [0.15, 0.2) is 0 Å². The highest BCUT2D eigenvalue weighted by atomic mass is 19.3. The molecule has 1 rings (SSSR count). The lowest BCUT2D eigenvalue weighted by Gasteiger charge is -2.11. The number of rotatable bonds is 3. The summed E-state index contributed by atoms with van der Waals surface area (Å²) in [5, 5.41) is 17.5. The van der Waals surface area contributed by atoms with Gasteiger partial charge in [0.1, 0.15) is 17.4 Å². The Bertz CT molecular complexity index is 402. The second-order valence-corrected chi connectivity index (χ2v) is 2.64. The van der Waals surface area contributed by atoms with E-state index in [-0.39, 0.29) is 17.0 Å². The zero-order valence-corrected chi connectivity index (χ0v) is 7.87. The van der Waals surface area contributed by atoms with Crippen LogP contribution in [0.25, 0.3) is 0 Å². The fourth-order valence-corrected chi connectivity index (χ4v) is 1.20. The second-order valence-electron chi connectivity index (χ2n) is 2.64. The van der Waals surface area contributed by atoms with Gasteiger partial charge in [0.05, 0.1) is 25.0 Å². The minimum absolute atomic E-state index is 0.0787. The van der Waals surface area contributed by atoms with E-state index >= 15 is 0 Å². The van der Waals surface area contributed by atoms with Crippen LogP contribution < -0.4 is 4.74 Å². The Labute approximate surface area is 84.7 Å². The van der Waals surface area contributed by atoms with E-state index < -0.39 is 18.6 Å². The number of ether oxygens (including phenoxy) is 1. The molecule has 0 spiro atoms. The normalized spacial score (nSPS) is 10.1. The Kier molecular flexibility index (Phi) is 3.52. The number of halogens is 2. The number of pyridine rings is 1. The van der Waals surface area contributed by atoms with Crippen LogP contribution in [0.5, 0.6) is 5.75 Å². The number of hydrogen-bond donors (Lipinski definition) is 1. The Balaban J connectivity index is 3.46. The summed E-state index contributed by atoms with van der Waals surface area (Å²) in [5.74, 6) is -0.230. The highest BCUT2D eigenvalue weighted by Gasteiger charge is 2.22. The molecular formula is C9H8F2N2O2. The van der Waals surface area contributed by atoms with Crippen LogP contribution in [0, 0.1) is 11.3 Å². The van der Waals surface area contributed by atoms with Gasteiger partial charge in [-0.25, -0.2) is 8.78 Å². The summed E-state index contributed by atoms with van der Waals surface area (Å²) in [6.07, 6.45) is -1.75. The maximum Gasteiger partial charge on any atom is 0.269 e. The van der Waals surface area contributed by atoms with Gasteiger partial charge < -0.3 is 9.84 Å². The number of nitriles is 1. The Hall–Kier alpha value is -1.74. The van der Waals surface area contributed by atoms with E-state index in [0.717, 1.165) is 6.20 Å². The Morgan fingerprint density at radius 3 is 2.73 bits per heavy atom. The quantitative estimate of drug-likeness (QED) is 0.825. The summed E-state index contributed by atoms with van der Waals surface area (Å²) in [5.41, 5.74) is -0.787. The maximum absolute atomic E-state index is 12.6. The van der Waals surface area contributed by atoms with Gasteiger partial charge in [0.25, 0.3) is 6.43 Å². The molecule has 0 unspecified atom stereocenters. The van der Waals surface area contributed by atoms with E-state index in [1.807, 2.05) is 0 Å². The van der Waals surface area contributed by atoms with Crippen molar-refractivity contribution in [1.82, 2.24) is 4.98 Å². The predicted octanol–water partition coefficient (Wildman–Crippen LogP) is 1.39. The molecule has 0 atom stereocenters. The van der Waals surface area contributed by atoms with Crippen molar-refractivity contribution in [2.24, 2.45) is 0 Å². The zero-order valence-electron chi connectivity index (χ0n) is 7.87. The van der Waals surface area contributed by atoms with E-state index in [1.54, 1.807) is 6.07 Å². The van der Waals surface area contributed by atoms with E-state index in [0.29, 0.717) is 0 Å². The molecule has 1 aromatic rings. The first-order valence-corrected chi connectivity index (χ1v) is 4.00. The summed E-state index contributed by atoms with van der Waals surface area (Å²) in [7, 11) is 1.18. The summed E-state index contributed by atoms with van der Waals surface area (Å²) in [6.45, 7) is -0.623. The van der Waals surface area contributed by atoms with Crippen LogP contribution in [-0.2, 0) is 6.61 Å². The van der Waals surface area contributed by atoms with Crippen molar-refractivity contribution >= 4 is 0 Å². The number of alkyl halides is 2. The highest BCUT2D eigenvalue weighted by molar-refractivity contribution is 5.49. The minimum atomic E-state index is -2.84. The maximum atomic E-state index is 12.6. The second kappa shape index (κ2) is 4.66. The number of methoxy groups -OCH3 is 1. The van der Waals surface area contributed by atoms with Gasteiger partial charge in [-0.15, -0.1) is 0 Å². The molecule has 0 bridgehead atoms. The van der Waals surface area contributed by atoms with Crippen LogP contribution in [0.3, 0.4) is 0 Å². The molecule has 0 aliphatic rings. The molecule has 0 amide bonds. The van der Waals surface area contributed by atoms with E-state index in [4.69, 9.17) is 15.1 Å². The molecular weight excluding hydrogens is 206 g/mol. The summed E-state index contributed by atoms with van der Waals surface area (Å²) < 4.78 is 30.0. The van der Waals surface area contributed by atoms with Crippen LogP contribution in [-0.4, -0.2) is 17.2 Å². The third-order valence-electron chi connectivity index (χ3n) is 1.84. The van der Waals surface area contributed by atoms with E-state index in [1.165, 1.54) is 7.11 Å². The van der Waals surface area contributed by atoms with Gasteiger partial charge in [-0.2, -0.15) is 5.26 Å². The lowest BCUT2D eigenvalue weighted by molar-refractivity contribution is 0.141. The van der Waals surface area contributed by atoms with Gasteiger partial charge in [-0.1, -0.05) is 0 Å². The Morgan fingerprint density at radius 1 is 1.67 bits per heavy atom. The van der Waals surface area contributed by atoms with Crippen molar-refractivity contribution in [2.45, 2.75) is 13.0 Å². The molecule has 6 heteroatoms. The number of aliphatic hydroxyl groups excluding tert-OH is 1. The summed E-state index contributed by atoms with van der Waals surface area (Å²) in [4.78, 5) is 3.57. The first-order valence-electron chi connectivity index (χ1n) is 4.00. The van der Waals surface area contributed by atoms with Gasteiger partial charge >= 0.3 is 0 Å². The zero-order chi connectivity index (χ0) is 11.4. The van der Waals surface area contributed by atoms with Crippen molar-refractivity contribution in [3.63, 3.8) is 0 Å². The van der Waals surface area contributed by atoms with Crippen LogP contribution >= 0.6 is 0 Å². The molecule has 1 N–H and O–H groups in total. The lowest BCUT2D eigenvalue weighted by atomic mass is 10.1. The molecule has 0 aromatic carbocycles. The third-order valence-corrected chi connectivity index (χ3v) is 1.84. The summed E-state index contributed by atoms with van der Waals surface area (Å²) >= 11 is 0. The number of hydrogen-bond acceptors (Lipinski definition) is 4. The van der Waals surface area contributed by atoms with E-state index in [2.05, 4.69) is 4.98 Å². The van der Waals surface area contributed by atoms with Crippen molar-refractivity contribution in [3.05, 3.63) is 23.0 Å². The predicted molar refractivity (Wildman–Crippen MR) is 46.4 cm³/mol. The standard InChI is InChI=1S/C9H8F2N2O2/c1-15-8-5(2-12)3-13-6(4-14)7(8)9(10)11/h3,9,14H,4H2,1H3.